The van der Waals surface area contributed by atoms with Crippen LogP contribution >= 0.6 is 11.6 Å². The van der Waals surface area contributed by atoms with Gasteiger partial charge in [0.25, 0.3) is 0 Å². The van der Waals surface area contributed by atoms with E-state index in [4.69, 9.17) is 16.3 Å². The highest BCUT2D eigenvalue weighted by Gasteiger charge is 2.22. The van der Waals surface area contributed by atoms with Gasteiger partial charge >= 0.3 is 0 Å². The van der Waals surface area contributed by atoms with Crippen LogP contribution in [0.25, 0.3) is 0 Å². The van der Waals surface area contributed by atoms with Gasteiger partial charge in [-0.15, -0.1) is 0 Å². The predicted octanol–water partition coefficient (Wildman–Crippen LogP) is 3.74. The molecule has 1 N–H and O–H groups in total. The first kappa shape index (κ1) is 18.4. The Morgan fingerprint density at radius 1 is 1.24 bits per heavy atom. The van der Waals surface area contributed by atoms with Crippen LogP contribution in [0.15, 0.2) is 24.3 Å². The molecule has 0 radical (unpaired) electrons. The summed E-state index contributed by atoms with van der Waals surface area (Å²) in [5.41, 5.74) is 1.37. The maximum Gasteiger partial charge on any atom is 0.0630 e. The molecule has 0 aromatic heterocycles. The summed E-state index contributed by atoms with van der Waals surface area (Å²) in [6.45, 7) is 10.4. The number of rotatable bonds is 7. The molecule has 0 fully saturated rings. The first-order valence-electron chi connectivity index (χ1n) is 7.46. The average Bonchev–Trinajstić information content (AvgIpc) is 2.41. The standard InChI is InChI=1S/C17H29ClN2O/c1-13(14-7-9-15(18)10-8-14)20(5)16(12-21-6)11-19-17(2,3)4/h7-10,13,16,19H,11-12H2,1-6H3. The number of nitrogens with one attached hydrogen (secondary N) is 1. The summed E-state index contributed by atoms with van der Waals surface area (Å²) >= 11 is 5.96. The highest BCUT2D eigenvalue weighted by molar-refractivity contribution is 6.30. The maximum atomic E-state index is 5.96. The van der Waals surface area contributed by atoms with Gasteiger partial charge in [-0.05, 0) is 52.4 Å². The zero-order valence-corrected chi connectivity index (χ0v) is 14.9. The number of benzene rings is 1. The Bertz CT molecular complexity index is 414. The molecule has 21 heavy (non-hydrogen) atoms. The van der Waals surface area contributed by atoms with E-state index in [0.29, 0.717) is 18.7 Å². The summed E-state index contributed by atoms with van der Waals surface area (Å²) in [5, 5.41) is 4.33. The van der Waals surface area contributed by atoms with Crippen molar-refractivity contribution >= 4 is 11.6 Å². The minimum atomic E-state index is 0.107. The van der Waals surface area contributed by atoms with E-state index < -0.39 is 0 Å². The largest absolute Gasteiger partial charge is 0.383 e. The van der Waals surface area contributed by atoms with Crippen LogP contribution in [0.4, 0.5) is 0 Å². The summed E-state index contributed by atoms with van der Waals surface area (Å²) in [4.78, 5) is 2.35. The lowest BCUT2D eigenvalue weighted by molar-refractivity contribution is 0.0799. The van der Waals surface area contributed by atoms with Gasteiger partial charge in [-0.3, -0.25) is 4.90 Å². The molecule has 0 spiro atoms. The molecule has 1 rings (SSSR count). The molecule has 0 aliphatic rings. The second kappa shape index (κ2) is 8.14. The highest BCUT2D eigenvalue weighted by Crippen LogP contribution is 2.22. The van der Waals surface area contributed by atoms with Crippen molar-refractivity contribution in [1.82, 2.24) is 10.2 Å². The number of halogens is 1. The number of ether oxygens (including phenoxy) is 1. The van der Waals surface area contributed by atoms with Crippen molar-refractivity contribution in [3.05, 3.63) is 34.9 Å². The van der Waals surface area contributed by atoms with Crippen LogP contribution in [0.3, 0.4) is 0 Å². The Hall–Kier alpha value is -0.610. The van der Waals surface area contributed by atoms with Crippen molar-refractivity contribution in [3.8, 4) is 0 Å². The quantitative estimate of drug-likeness (QED) is 0.830. The van der Waals surface area contributed by atoms with Gasteiger partial charge in [-0.1, -0.05) is 23.7 Å². The molecule has 1 aromatic rings. The van der Waals surface area contributed by atoms with Crippen molar-refractivity contribution in [2.75, 3.05) is 27.3 Å². The summed E-state index contributed by atoms with van der Waals surface area (Å²) < 4.78 is 5.39. The van der Waals surface area contributed by atoms with E-state index in [2.05, 4.69) is 57.1 Å². The van der Waals surface area contributed by atoms with Crippen LogP contribution in [0.2, 0.25) is 5.02 Å². The Labute approximate surface area is 134 Å². The number of hydrogen-bond acceptors (Lipinski definition) is 3. The molecular weight excluding hydrogens is 284 g/mol. The Balaban J connectivity index is 2.74. The monoisotopic (exact) mass is 312 g/mol. The highest BCUT2D eigenvalue weighted by atomic mass is 35.5. The third-order valence-electron chi connectivity index (χ3n) is 3.77. The fraction of sp³-hybridized carbons (Fsp3) is 0.647. The summed E-state index contributed by atoms with van der Waals surface area (Å²) in [6.07, 6.45) is 0. The number of methoxy groups -OCH3 is 1. The van der Waals surface area contributed by atoms with Crippen LogP contribution in [-0.2, 0) is 4.74 Å². The summed E-state index contributed by atoms with van der Waals surface area (Å²) in [6, 6.07) is 8.69. The van der Waals surface area contributed by atoms with Crippen LogP contribution < -0.4 is 5.32 Å². The van der Waals surface area contributed by atoms with Crippen LogP contribution in [0, 0.1) is 0 Å². The van der Waals surface area contributed by atoms with Crippen LogP contribution in [-0.4, -0.2) is 43.8 Å². The number of nitrogens with zero attached hydrogens (tertiary/aromatic N) is 1. The molecule has 4 heteroatoms. The van der Waals surface area contributed by atoms with E-state index in [9.17, 15) is 0 Å². The molecule has 2 unspecified atom stereocenters. The average molecular weight is 313 g/mol. The lowest BCUT2D eigenvalue weighted by Gasteiger charge is -2.35. The van der Waals surface area contributed by atoms with E-state index in [1.165, 1.54) is 5.56 Å². The summed E-state index contributed by atoms with van der Waals surface area (Å²) in [5.74, 6) is 0. The molecule has 2 atom stereocenters. The van der Waals surface area contributed by atoms with Crippen molar-refractivity contribution in [1.29, 1.82) is 0 Å². The van der Waals surface area contributed by atoms with Crippen molar-refractivity contribution < 1.29 is 4.74 Å². The van der Waals surface area contributed by atoms with Gasteiger partial charge in [0, 0.05) is 36.3 Å². The zero-order chi connectivity index (χ0) is 16.0. The van der Waals surface area contributed by atoms with Gasteiger partial charge in [0.1, 0.15) is 0 Å². The fourth-order valence-corrected chi connectivity index (χ4v) is 2.36. The first-order valence-corrected chi connectivity index (χ1v) is 7.83. The molecule has 0 heterocycles. The SMILES string of the molecule is COCC(CNC(C)(C)C)N(C)C(C)c1ccc(Cl)cc1. The normalized spacial score (nSPS) is 15.2. The number of hydrogen-bond donors (Lipinski definition) is 1. The third-order valence-corrected chi connectivity index (χ3v) is 4.02. The van der Waals surface area contributed by atoms with Crippen molar-refractivity contribution in [3.63, 3.8) is 0 Å². The molecule has 0 saturated heterocycles. The van der Waals surface area contributed by atoms with Gasteiger partial charge < -0.3 is 10.1 Å². The predicted molar refractivity (Wildman–Crippen MR) is 91.0 cm³/mol. The van der Waals surface area contributed by atoms with Crippen LogP contribution in [0.5, 0.6) is 0 Å². The Kier molecular flexibility index (Phi) is 7.14. The fourth-order valence-electron chi connectivity index (χ4n) is 2.23. The molecule has 0 aliphatic carbocycles. The smallest absolute Gasteiger partial charge is 0.0630 e. The molecule has 0 amide bonds. The minimum absolute atomic E-state index is 0.107. The Morgan fingerprint density at radius 2 is 1.81 bits per heavy atom. The molecule has 0 saturated carbocycles. The summed E-state index contributed by atoms with van der Waals surface area (Å²) in [7, 11) is 3.90. The minimum Gasteiger partial charge on any atom is -0.383 e. The van der Waals surface area contributed by atoms with Crippen molar-refractivity contribution in [2.45, 2.75) is 45.3 Å². The molecule has 120 valence electrons. The van der Waals surface area contributed by atoms with Gasteiger partial charge in [-0.2, -0.15) is 0 Å². The van der Waals surface area contributed by atoms with E-state index >= 15 is 0 Å². The molecule has 0 bridgehead atoms. The van der Waals surface area contributed by atoms with Crippen LogP contribution in [0.1, 0.15) is 39.3 Å². The third kappa shape index (κ3) is 6.35. The van der Waals surface area contributed by atoms with Gasteiger partial charge in [0.15, 0.2) is 0 Å². The van der Waals surface area contributed by atoms with E-state index in [1.54, 1.807) is 7.11 Å². The van der Waals surface area contributed by atoms with E-state index in [-0.39, 0.29) is 5.54 Å². The second-order valence-electron chi connectivity index (χ2n) is 6.63. The van der Waals surface area contributed by atoms with Gasteiger partial charge in [0.2, 0.25) is 0 Å². The van der Waals surface area contributed by atoms with Crippen molar-refractivity contribution in [2.24, 2.45) is 0 Å². The van der Waals surface area contributed by atoms with E-state index in [1.807, 2.05) is 12.1 Å². The Morgan fingerprint density at radius 3 is 2.29 bits per heavy atom. The molecule has 3 nitrogen and oxygen atoms in total. The number of likely N-dealkylation sites (N-methyl/N-ethyl adjacent to an activating group) is 1. The topological polar surface area (TPSA) is 24.5 Å². The first-order chi connectivity index (χ1) is 9.74. The van der Waals surface area contributed by atoms with Gasteiger partial charge in [0.05, 0.1) is 6.61 Å². The van der Waals surface area contributed by atoms with Gasteiger partial charge in [-0.25, -0.2) is 0 Å². The lowest BCUT2D eigenvalue weighted by Crippen LogP contribution is -2.49. The second-order valence-corrected chi connectivity index (χ2v) is 7.07. The molecule has 1 aromatic carbocycles. The lowest BCUT2D eigenvalue weighted by atomic mass is 10.0. The zero-order valence-electron chi connectivity index (χ0n) is 14.1. The molecular formula is C17H29ClN2O. The maximum absolute atomic E-state index is 5.96. The molecule has 0 aliphatic heterocycles. The van der Waals surface area contributed by atoms with E-state index in [0.717, 1.165) is 11.6 Å².